The SMILES string of the molecule is CN1CCC(CN(C)C(=O)Cn2cccc2C(=O)O)CC1. The van der Waals surface area contributed by atoms with Gasteiger partial charge in [-0.25, -0.2) is 4.79 Å². The van der Waals surface area contributed by atoms with Crippen molar-refractivity contribution in [2.75, 3.05) is 33.7 Å². The van der Waals surface area contributed by atoms with E-state index in [9.17, 15) is 9.59 Å². The van der Waals surface area contributed by atoms with Gasteiger partial charge in [0.05, 0.1) is 0 Å². The fourth-order valence-corrected chi connectivity index (χ4v) is 2.75. The minimum Gasteiger partial charge on any atom is -0.477 e. The van der Waals surface area contributed by atoms with Gasteiger partial charge in [0, 0.05) is 19.8 Å². The van der Waals surface area contributed by atoms with Crippen LogP contribution in [0.4, 0.5) is 0 Å². The summed E-state index contributed by atoms with van der Waals surface area (Å²) in [6, 6.07) is 3.15. The molecule has 2 rings (SSSR count). The molecule has 21 heavy (non-hydrogen) atoms. The van der Waals surface area contributed by atoms with Crippen molar-refractivity contribution in [1.82, 2.24) is 14.4 Å². The van der Waals surface area contributed by atoms with Crippen LogP contribution in [0.1, 0.15) is 23.3 Å². The molecule has 0 atom stereocenters. The molecule has 1 N–H and O–H groups in total. The van der Waals surface area contributed by atoms with E-state index in [1.54, 1.807) is 24.2 Å². The van der Waals surface area contributed by atoms with E-state index in [4.69, 9.17) is 5.11 Å². The van der Waals surface area contributed by atoms with Crippen LogP contribution in [-0.4, -0.2) is 65.1 Å². The molecule has 1 fully saturated rings. The van der Waals surface area contributed by atoms with Crippen LogP contribution < -0.4 is 0 Å². The third-order valence-electron chi connectivity index (χ3n) is 4.15. The maximum absolute atomic E-state index is 12.2. The first kappa shape index (κ1) is 15.6. The zero-order valence-electron chi connectivity index (χ0n) is 12.7. The highest BCUT2D eigenvalue weighted by atomic mass is 16.4. The molecule has 1 aliphatic heterocycles. The Labute approximate surface area is 124 Å². The first-order chi connectivity index (χ1) is 9.97. The maximum atomic E-state index is 12.2. The molecule has 0 bridgehead atoms. The molecule has 0 aliphatic carbocycles. The molecule has 1 aliphatic rings. The summed E-state index contributed by atoms with van der Waals surface area (Å²) in [4.78, 5) is 27.3. The summed E-state index contributed by atoms with van der Waals surface area (Å²) in [7, 11) is 3.91. The molecule has 1 amide bonds. The Morgan fingerprint density at radius 1 is 1.38 bits per heavy atom. The number of piperidine rings is 1. The zero-order chi connectivity index (χ0) is 15.4. The van der Waals surface area contributed by atoms with E-state index in [1.807, 2.05) is 0 Å². The number of nitrogens with zero attached hydrogens (tertiary/aromatic N) is 3. The quantitative estimate of drug-likeness (QED) is 0.879. The standard InChI is InChI=1S/C15H23N3O3/c1-16-8-5-12(6-9-16)10-17(2)14(19)11-18-7-3-4-13(18)15(20)21/h3-4,7,12H,5-6,8-11H2,1-2H3,(H,20,21). The molecule has 116 valence electrons. The Kier molecular flexibility index (Phi) is 5.01. The third kappa shape index (κ3) is 4.07. The van der Waals surface area contributed by atoms with Crippen LogP contribution in [0.2, 0.25) is 0 Å². The number of aromatic nitrogens is 1. The van der Waals surface area contributed by atoms with E-state index in [1.165, 1.54) is 10.6 Å². The van der Waals surface area contributed by atoms with Crippen LogP contribution in [0.3, 0.4) is 0 Å². The van der Waals surface area contributed by atoms with Crippen LogP contribution >= 0.6 is 0 Å². The van der Waals surface area contributed by atoms with E-state index in [-0.39, 0.29) is 18.1 Å². The first-order valence-corrected chi connectivity index (χ1v) is 7.28. The summed E-state index contributed by atoms with van der Waals surface area (Å²) in [5, 5.41) is 9.04. The van der Waals surface area contributed by atoms with E-state index in [2.05, 4.69) is 11.9 Å². The van der Waals surface area contributed by atoms with Crippen molar-refractivity contribution >= 4 is 11.9 Å². The third-order valence-corrected chi connectivity index (χ3v) is 4.15. The summed E-state index contributed by atoms with van der Waals surface area (Å²) in [6.45, 7) is 2.98. The van der Waals surface area contributed by atoms with Crippen molar-refractivity contribution in [2.24, 2.45) is 5.92 Å². The Balaban J connectivity index is 1.87. The molecule has 0 unspecified atom stereocenters. The van der Waals surface area contributed by atoms with Crippen molar-refractivity contribution in [1.29, 1.82) is 0 Å². The molecule has 6 heteroatoms. The summed E-state index contributed by atoms with van der Waals surface area (Å²) in [5.74, 6) is -0.517. The van der Waals surface area contributed by atoms with E-state index < -0.39 is 5.97 Å². The van der Waals surface area contributed by atoms with Crippen LogP contribution in [-0.2, 0) is 11.3 Å². The second-order valence-corrected chi connectivity index (χ2v) is 5.85. The zero-order valence-corrected chi connectivity index (χ0v) is 12.7. The Hall–Kier alpha value is -1.82. The number of carbonyl (C=O) groups excluding carboxylic acids is 1. The van der Waals surface area contributed by atoms with Gasteiger partial charge in [-0.1, -0.05) is 0 Å². The summed E-state index contributed by atoms with van der Waals surface area (Å²) < 4.78 is 1.48. The second-order valence-electron chi connectivity index (χ2n) is 5.85. The number of likely N-dealkylation sites (N-methyl/N-ethyl adjacent to an activating group) is 1. The van der Waals surface area contributed by atoms with Gasteiger partial charge in [-0.3, -0.25) is 4.79 Å². The average molecular weight is 293 g/mol. The molecule has 0 aromatic carbocycles. The maximum Gasteiger partial charge on any atom is 0.352 e. The Morgan fingerprint density at radius 2 is 2.05 bits per heavy atom. The summed E-state index contributed by atoms with van der Waals surface area (Å²) in [6.07, 6.45) is 3.85. The fourth-order valence-electron chi connectivity index (χ4n) is 2.75. The number of carboxylic acid groups (broad SMARTS) is 1. The minimum absolute atomic E-state index is 0.0485. The van der Waals surface area contributed by atoms with Gasteiger partial charge < -0.3 is 19.5 Å². The highest BCUT2D eigenvalue weighted by Crippen LogP contribution is 2.17. The van der Waals surface area contributed by atoms with Gasteiger partial charge in [-0.2, -0.15) is 0 Å². The van der Waals surface area contributed by atoms with Gasteiger partial charge >= 0.3 is 5.97 Å². The van der Waals surface area contributed by atoms with Gasteiger partial charge in [0.25, 0.3) is 0 Å². The first-order valence-electron chi connectivity index (χ1n) is 7.28. The molecule has 2 heterocycles. The molecule has 1 saturated heterocycles. The van der Waals surface area contributed by atoms with Crippen LogP contribution in [0, 0.1) is 5.92 Å². The molecule has 1 aromatic rings. The molecule has 6 nitrogen and oxygen atoms in total. The van der Waals surface area contributed by atoms with Crippen molar-refractivity contribution in [2.45, 2.75) is 19.4 Å². The van der Waals surface area contributed by atoms with Crippen LogP contribution in [0.15, 0.2) is 18.3 Å². The Morgan fingerprint density at radius 3 is 2.67 bits per heavy atom. The van der Waals surface area contributed by atoms with Gasteiger partial charge in [0.15, 0.2) is 0 Å². The largest absolute Gasteiger partial charge is 0.477 e. The van der Waals surface area contributed by atoms with E-state index in [0.29, 0.717) is 5.92 Å². The molecule has 1 aromatic heterocycles. The van der Waals surface area contributed by atoms with Gasteiger partial charge in [0.2, 0.25) is 5.91 Å². The van der Waals surface area contributed by atoms with Crippen molar-refractivity contribution in [3.63, 3.8) is 0 Å². The second kappa shape index (κ2) is 6.76. The number of amides is 1. The smallest absolute Gasteiger partial charge is 0.352 e. The van der Waals surface area contributed by atoms with Crippen molar-refractivity contribution < 1.29 is 14.7 Å². The van der Waals surface area contributed by atoms with Gasteiger partial charge in [-0.15, -0.1) is 0 Å². The lowest BCUT2D eigenvalue weighted by Gasteiger charge is -2.31. The summed E-state index contributed by atoms with van der Waals surface area (Å²) >= 11 is 0. The van der Waals surface area contributed by atoms with Crippen molar-refractivity contribution in [3.8, 4) is 0 Å². The minimum atomic E-state index is -1.01. The number of hydrogen-bond donors (Lipinski definition) is 1. The highest BCUT2D eigenvalue weighted by molar-refractivity contribution is 5.86. The number of likely N-dealkylation sites (tertiary alicyclic amines) is 1. The molecule has 0 radical (unpaired) electrons. The average Bonchev–Trinajstić information content (AvgIpc) is 2.89. The number of rotatable bonds is 5. The van der Waals surface area contributed by atoms with Crippen LogP contribution in [0.5, 0.6) is 0 Å². The highest BCUT2D eigenvalue weighted by Gasteiger charge is 2.21. The number of carboxylic acids is 1. The number of aromatic carboxylic acids is 1. The number of carbonyl (C=O) groups is 2. The lowest BCUT2D eigenvalue weighted by Crippen LogP contribution is -2.39. The topological polar surface area (TPSA) is 65.8 Å². The normalized spacial score (nSPS) is 16.9. The monoisotopic (exact) mass is 293 g/mol. The molecular weight excluding hydrogens is 270 g/mol. The number of hydrogen-bond acceptors (Lipinski definition) is 3. The molecule has 0 saturated carbocycles. The lowest BCUT2D eigenvalue weighted by atomic mass is 9.97. The Bertz CT molecular complexity index is 504. The fraction of sp³-hybridized carbons (Fsp3) is 0.600. The van der Waals surface area contributed by atoms with E-state index >= 15 is 0 Å². The van der Waals surface area contributed by atoms with Crippen molar-refractivity contribution in [3.05, 3.63) is 24.0 Å². The van der Waals surface area contributed by atoms with E-state index in [0.717, 1.165) is 32.5 Å². The van der Waals surface area contributed by atoms with Gasteiger partial charge in [-0.05, 0) is 51.0 Å². The molecule has 0 spiro atoms. The summed E-state index contributed by atoms with van der Waals surface area (Å²) in [5.41, 5.74) is 0.149. The lowest BCUT2D eigenvalue weighted by molar-refractivity contribution is -0.131. The predicted octanol–water partition coefficient (Wildman–Crippen LogP) is 0.986. The van der Waals surface area contributed by atoms with Crippen LogP contribution in [0.25, 0.3) is 0 Å². The van der Waals surface area contributed by atoms with Gasteiger partial charge in [0.1, 0.15) is 12.2 Å². The predicted molar refractivity (Wildman–Crippen MR) is 79.2 cm³/mol. The molecular formula is C15H23N3O3.